The van der Waals surface area contributed by atoms with Crippen molar-refractivity contribution in [2.75, 3.05) is 0 Å². The molecule has 0 bridgehead atoms. The van der Waals surface area contributed by atoms with Crippen LogP contribution in [0.2, 0.25) is 5.02 Å². The first-order valence-electron chi connectivity index (χ1n) is 5.54. The molecule has 0 aromatic heterocycles. The molecule has 0 saturated heterocycles. The number of hydrogen-bond acceptors (Lipinski definition) is 2. The minimum absolute atomic E-state index is 0.0218. The van der Waals surface area contributed by atoms with Crippen LogP contribution >= 0.6 is 27.5 Å². The highest BCUT2D eigenvalue weighted by Gasteiger charge is 2.05. The summed E-state index contributed by atoms with van der Waals surface area (Å²) in [7, 11) is 0. The van der Waals surface area contributed by atoms with Crippen LogP contribution in [0.1, 0.15) is 18.5 Å². The molecule has 0 saturated carbocycles. The Labute approximate surface area is 120 Å². The minimum atomic E-state index is 0.0218. The lowest BCUT2D eigenvalue weighted by Gasteiger charge is -2.10. The predicted molar refractivity (Wildman–Crippen MR) is 78.3 cm³/mol. The molecule has 2 N–H and O–H groups in total. The van der Waals surface area contributed by atoms with E-state index in [1.54, 1.807) is 6.07 Å². The fraction of sp³-hybridized carbons (Fsp3) is 0.143. The summed E-state index contributed by atoms with van der Waals surface area (Å²) in [5.74, 6) is 1.36. The Bertz CT molecular complexity index is 540. The summed E-state index contributed by atoms with van der Waals surface area (Å²) >= 11 is 9.45. The van der Waals surface area contributed by atoms with Gasteiger partial charge in [0.1, 0.15) is 11.5 Å². The van der Waals surface area contributed by atoms with Crippen molar-refractivity contribution in [1.82, 2.24) is 0 Å². The molecule has 0 radical (unpaired) electrons. The monoisotopic (exact) mass is 325 g/mol. The van der Waals surface area contributed by atoms with Gasteiger partial charge in [-0.05, 0) is 42.8 Å². The standard InChI is InChI=1S/C14H13BrClNO/c1-9(17)10-2-5-12(6-3-10)18-14-8-11(15)4-7-13(14)16/h2-9H,17H2,1H3/t9-/m1/s1. The van der Waals surface area contributed by atoms with Crippen molar-refractivity contribution in [2.24, 2.45) is 5.73 Å². The Kier molecular flexibility index (Phi) is 4.27. The molecule has 2 nitrogen and oxygen atoms in total. The third kappa shape index (κ3) is 3.25. The molecule has 0 fully saturated rings. The highest BCUT2D eigenvalue weighted by atomic mass is 79.9. The molecular weight excluding hydrogens is 314 g/mol. The summed E-state index contributed by atoms with van der Waals surface area (Å²) in [4.78, 5) is 0. The van der Waals surface area contributed by atoms with E-state index >= 15 is 0 Å². The van der Waals surface area contributed by atoms with Gasteiger partial charge in [-0.2, -0.15) is 0 Å². The van der Waals surface area contributed by atoms with E-state index in [1.807, 2.05) is 43.3 Å². The van der Waals surface area contributed by atoms with Gasteiger partial charge in [-0.3, -0.25) is 0 Å². The maximum Gasteiger partial charge on any atom is 0.147 e. The molecule has 0 heterocycles. The number of halogens is 2. The highest BCUT2D eigenvalue weighted by Crippen LogP contribution is 2.32. The van der Waals surface area contributed by atoms with Crippen LogP contribution in [0.5, 0.6) is 11.5 Å². The average Bonchev–Trinajstić information content (AvgIpc) is 2.34. The van der Waals surface area contributed by atoms with Crippen LogP contribution in [0, 0.1) is 0 Å². The van der Waals surface area contributed by atoms with Gasteiger partial charge in [0.05, 0.1) is 5.02 Å². The van der Waals surface area contributed by atoms with Crippen LogP contribution < -0.4 is 10.5 Å². The van der Waals surface area contributed by atoms with Crippen molar-refractivity contribution in [3.63, 3.8) is 0 Å². The summed E-state index contributed by atoms with van der Waals surface area (Å²) in [6.07, 6.45) is 0. The van der Waals surface area contributed by atoms with Crippen LogP contribution in [0.25, 0.3) is 0 Å². The lowest BCUT2D eigenvalue weighted by molar-refractivity contribution is 0.482. The van der Waals surface area contributed by atoms with Gasteiger partial charge < -0.3 is 10.5 Å². The molecule has 94 valence electrons. The Morgan fingerprint density at radius 3 is 2.44 bits per heavy atom. The molecule has 2 aromatic rings. The lowest BCUT2D eigenvalue weighted by atomic mass is 10.1. The van der Waals surface area contributed by atoms with Gasteiger partial charge >= 0.3 is 0 Å². The van der Waals surface area contributed by atoms with E-state index in [0.717, 1.165) is 15.8 Å². The van der Waals surface area contributed by atoms with Gasteiger partial charge in [0, 0.05) is 10.5 Å². The zero-order chi connectivity index (χ0) is 13.1. The number of rotatable bonds is 3. The van der Waals surface area contributed by atoms with Gasteiger partial charge in [-0.15, -0.1) is 0 Å². The summed E-state index contributed by atoms with van der Waals surface area (Å²) in [6.45, 7) is 1.95. The summed E-state index contributed by atoms with van der Waals surface area (Å²) in [5.41, 5.74) is 6.86. The smallest absolute Gasteiger partial charge is 0.147 e. The molecule has 2 rings (SSSR count). The topological polar surface area (TPSA) is 35.2 Å². The Morgan fingerprint density at radius 1 is 1.17 bits per heavy atom. The summed E-state index contributed by atoms with van der Waals surface area (Å²) < 4.78 is 6.65. The zero-order valence-corrected chi connectivity index (χ0v) is 12.2. The van der Waals surface area contributed by atoms with Crippen molar-refractivity contribution >= 4 is 27.5 Å². The van der Waals surface area contributed by atoms with Crippen LogP contribution in [0.15, 0.2) is 46.9 Å². The quantitative estimate of drug-likeness (QED) is 0.869. The van der Waals surface area contributed by atoms with Crippen molar-refractivity contribution < 1.29 is 4.74 Å². The molecule has 0 aliphatic carbocycles. The molecule has 0 spiro atoms. The predicted octanol–water partition coefficient (Wildman–Crippen LogP) is 4.91. The van der Waals surface area contributed by atoms with Crippen molar-refractivity contribution in [3.05, 3.63) is 57.5 Å². The second-order valence-corrected chi connectivity index (χ2v) is 5.36. The molecule has 4 heteroatoms. The minimum Gasteiger partial charge on any atom is -0.456 e. The van der Waals surface area contributed by atoms with Gasteiger partial charge in [0.15, 0.2) is 0 Å². The van der Waals surface area contributed by atoms with E-state index in [4.69, 9.17) is 22.1 Å². The molecule has 0 unspecified atom stereocenters. The third-order valence-electron chi connectivity index (χ3n) is 2.53. The van der Waals surface area contributed by atoms with E-state index in [1.165, 1.54) is 0 Å². The van der Waals surface area contributed by atoms with Crippen molar-refractivity contribution in [2.45, 2.75) is 13.0 Å². The zero-order valence-electron chi connectivity index (χ0n) is 9.86. The van der Waals surface area contributed by atoms with Gasteiger partial charge in [-0.1, -0.05) is 39.7 Å². The van der Waals surface area contributed by atoms with E-state index in [2.05, 4.69) is 15.9 Å². The van der Waals surface area contributed by atoms with E-state index < -0.39 is 0 Å². The van der Waals surface area contributed by atoms with Crippen LogP contribution in [0.3, 0.4) is 0 Å². The van der Waals surface area contributed by atoms with Crippen molar-refractivity contribution in [3.8, 4) is 11.5 Å². The van der Waals surface area contributed by atoms with Crippen LogP contribution in [0.4, 0.5) is 0 Å². The molecular formula is C14H13BrClNO. The fourth-order valence-electron chi connectivity index (χ4n) is 1.52. The normalized spacial score (nSPS) is 12.2. The summed E-state index contributed by atoms with van der Waals surface area (Å²) in [6, 6.07) is 13.2. The Balaban J connectivity index is 2.21. The molecule has 0 aliphatic rings. The van der Waals surface area contributed by atoms with E-state index in [-0.39, 0.29) is 6.04 Å². The number of hydrogen-bond donors (Lipinski definition) is 1. The van der Waals surface area contributed by atoms with Gasteiger partial charge in [0.2, 0.25) is 0 Å². The Hall–Kier alpha value is -1.03. The van der Waals surface area contributed by atoms with Crippen molar-refractivity contribution in [1.29, 1.82) is 0 Å². The highest BCUT2D eigenvalue weighted by molar-refractivity contribution is 9.10. The Morgan fingerprint density at radius 2 is 1.83 bits per heavy atom. The van der Waals surface area contributed by atoms with Gasteiger partial charge in [0.25, 0.3) is 0 Å². The average molecular weight is 327 g/mol. The van der Waals surface area contributed by atoms with Crippen LogP contribution in [-0.4, -0.2) is 0 Å². The molecule has 0 amide bonds. The third-order valence-corrected chi connectivity index (χ3v) is 3.33. The SMILES string of the molecule is C[C@@H](N)c1ccc(Oc2cc(Br)ccc2Cl)cc1. The maximum absolute atomic E-state index is 6.06. The lowest BCUT2D eigenvalue weighted by Crippen LogP contribution is -2.04. The second kappa shape index (κ2) is 5.74. The largest absolute Gasteiger partial charge is 0.456 e. The first kappa shape index (κ1) is 13.4. The molecule has 18 heavy (non-hydrogen) atoms. The first-order valence-corrected chi connectivity index (χ1v) is 6.72. The maximum atomic E-state index is 6.06. The molecule has 0 aliphatic heterocycles. The van der Waals surface area contributed by atoms with Crippen LogP contribution in [-0.2, 0) is 0 Å². The fourth-order valence-corrected chi connectivity index (χ4v) is 2.02. The number of nitrogens with two attached hydrogens (primary N) is 1. The number of benzene rings is 2. The summed E-state index contributed by atoms with van der Waals surface area (Å²) in [5, 5.41) is 0.578. The van der Waals surface area contributed by atoms with E-state index in [0.29, 0.717) is 10.8 Å². The first-order chi connectivity index (χ1) is 8.56. The second-order valence-electron chi connectivity index (χ2n) is 4.03. The number of ether oxygens (including phenoxy) is 1. The van der Waals surface area contributed by atoms with Gasteiger partial charge in [-0.25, -0.2) is 0 Å². The molecule has 1 atom stereocenters. The molecule has 2 aromatic carbocycles. The van der Waals surface area contributed by atoms with E-state index in [9.17, 15) is 0 Å².